The summed E-state index contributed by atoms with van der Waals surface area (Å²) in [6.07, 6.45) is 6.01. The minimum Gasteiger partial charge on any atom is -0.456 e. The Morgan fingerprint density at radius 2 is 1.90 bits per heavy atom. The first-order valence-electron chi connectivity index (χ1n) is 8.40. The van der Waals surface area contributed by atoms with E-state index < -0.39 is 5.54 Å². The van der Waals surface area contributed by atoms with Crippen molar-refractivity contribution in [2.24, 2.45) is 17.6 Å². The summed E-state index contributed by atoms with van der Waals surface area (Å²) in [6, 6.07) is -0.306. The standard InChI is InChI=1S/C14H22N2O3.C2H6/c1-2-9-11-14(13(18)19-11,16-12(9)17)10(15)8-6-4-3-5-7-8;1-2/h8-11H,2-7,15H2,1H3,(H,16,17);1-2H3/t9?,10-,11-,14+;/m0./s1. The third kappa shape index (κ3) is 2.35. The molecule has 3 fully saturated rings. The number of nitrogens with two attached hydrogens (primary N) is 1. The van der Waals surface area contributed by atoms with Gasteiger partial charge in [-0.1, -0.05) is 40.0 Å². The second-order valence-electron chi connectivity index (χ2n) is 6.12. The van der Waals surface area contributed by atoms with Crippen molar-refractivity contribution < 1.29 is 14.3 Å². The van der Waals surface area contributed by atoms with Crippen molar-refractivity contribution in [2.45, 2.75) is 77.0 Å². The number of amides is 1. The van der Waals surface area contributed by atoms with Crippen LogP contribution < -0.4 is 11.1 Å². The van der Waals surface area contributed by atoms with Gasteiger partial charge in [0.05, 0.1) is 5.92 Å². The molecule has 5 heteroatoms. The molecule has 0 aromatic heterocycles. The normalized spacial score (nSPS) is 36.6. The third-order valence-corrected chi connectivity index (χ3v) is 5.18. The molecule has 0 bridgehead atoms. The first-order chi connectivity index (χ1) is 10.1. The summed E-state index contributed by atoms with van der Waals surface area (Å²) in [5, 5.41) is 2.88. The number of ether oxygens (including phenoxy) is 1. The van der Waals surface area contributed by atoms with E-state index in [4.69, 9.17) is 10.5 Å². The molecular weight excluding hydrogens is 268 g/mol. The van der Waals surface area contributed by atoms with E-state index in [2.05, 4.69) is 5.32 Å². The summed E-state index contributed by atoms with van der Waals surface area (Å²) >= 11 is 0. The summed E-state index contributed by atoms with van der Waals surface area (Å²) in [5.74, 6) is -0.322. The number of rotatable bonds is 3. The highest BCUT2D eigenvalue weighted by Crippen LogP contribution is 2.45. The second kappa shape index (κ2) is 6.34. The van der Waals surface area contributed by atoms with Crippen LogP contribution >= 0.6 is 0 Å². The number of fused-ring (bicyclic) bond motifs is 1. The lowest BCUT2D eigenvalue weighted by atomic mass is 9.70. The van der Waals surface area contributed by atoms with Gasteiger partial charge in [0.1, 0.15) is 6.10 Å². The van der Waals surface area contributed by atoms with Crippen LogP contribution in [0.3, 0.4) is 0 Å². The van der Waals surface area contributed by atoms with Gasteiger partial charge in [-0.05, 0) is 25.2 Å². The molecular formula is C16H28N2O3. The summed E-state index contributed by atoms with van der Waals surface area (Å²) in [7, 11) is 0. The van der Waals surface area contributed by atoms with Crippen LogP contribution in [0.1, 0.15) is 59.3 Å². The zero-order valence-electron chi connectivity index (χ0n) is 13.4. The largest absolute Gasteiger partial charge is 0.456 e. The van der Waals surface area contributed by atoms with E-state index in [9.17, 15) is 9.59 Å². The number of carbonyl (C=O) groups is 2. The SMILES string of the molecule is CC.CCC1C(=O)N[C@@]2([C@@H](N)C3CCCCC3)C(=O)O[C@@H]12. The van der Waals surface area contributed by atoms with Crippen molar-refractivity contribution in [1.82, 2.24) is 5.32 Å². The molecule has 120 valence electrons. The molecule has 0 aromatic carbocycles. The Kier molecular flexibility index (Phi) is 4.91. The van der Waals surface area contributed by atoms with E-state index >= 15 is 0 Å². The van der Waals surface area contributed by atoms with Crippen LogP contribution in [0.2, 0.25) is 0 Å². The maximum atomic E-state index is 12.0. The topological polar surface area (TPSA) is 81.4 Å². The van der Waals surface area contributed by atoms with E-state index in [1.807, 2.05) is 20.8 Å². The molecule has 0 radical (unpaired) electrons. The Morgan fingerprint density at radius 1 is 1.29 bits per heavy atom. The Bertz CT molecular complexity index is 406. The molecule has 1 saturated carbocycles. The molecule has 2 aliphatic heterocycles. The molecule has 2 heterocycles. The lowest BCUT2D eigenvalue weighted by molar-refractivity contribution is -0.196. The fraction of sp³-hybridized carbons (Fsp3) is 0.875. The number of hydrogen-bond acceptors (Lipinski definition) is 4. The molecule has 1 unspecified atom stereocenters. The monoisotopic (exact) mass is 296 g/mol. The molecule has 3 rings (SSSR count). The van der Waals surface area contributed by atoms with E-state index in [1.54, 1.807) is 0 Å². The van der Waals surface area contributed by atoms with Crippen molar-refractivity contribution in [2.75, 3.05) is 0 Å². The Balaban J connectivity index is 0.000000774. The van der Waals surface area contributed by atoms with Crippen molar-refractivity contribution in [3.05, 3.63) is 0 Å². The molecule has 3 N–H and O–H groups in total. The Morgan fingerprint density at radius 3 is 2.43 bits per heavy atom. The van der Waals surface area contributed by atoms with Crippen LogP contribution in [0.4, 0.5) is 0 Å². The molecule has 0 spiro atoms. The quantitative estimate of drug-likeness (QED) is 0.777. The van der Waals surface area contributed by atoms with Gasteiger partial charge >= 0.3 is 5.97 Å². The number of hydrogen-bond donors (Lipinski definition) is 2. The van der Waals surface area contributed by atoms with E-state index in [0.717, 1.165) is 12.8 Å². The van der Waals surface area contributed by atoms with Crippen molar-refractivity contribution >= 4 is 11.9 Å². The van der Waals surface area contributed by atoms with Gasteiger partial charge in [-0.3, -0.25) is 4.79 Å². The van der Waals surface area contributed by atoms with Crippen molar-refractivity contribution in [3.8, 4) is 0 Å². The highest BCUT2D eigenvalue weighted by Gasteiger charge is 2.71. The molecule has 0 aromatic rings. The number of nitrogens with one attached hydrogen (secondary N) is 1. The van der Waals surface area contributed by atoms with Gasteiger partial charge in [0.15, 0.2) is 5.54 Å². The molecule has 4 atom stereocenters. The van der Waals surface area contributed by atoms with Gasteiger partial charge in [-0.15, -0.1) is 0 Å². The first-order valence-corrected chi connectivity index (χ1v) is 8.40. The van der Waals surface area contributed by atoms with Crippen LogP contribution in [0, 0.1) is 11.8 Å². The van der Waals surface area contributed by atoms with E-state index in [-0.39, 0.29) is 29.9 Å². The van der Waals surface area contributed by atoms with E-state index in [0.29, 0.717) is 12.3 Å². The molecule has 21 heavy (non-hydrogen) atoms. The fourth-order valence-corrected chi connectivity index (χ4v) is 3.99. The van der Waals surface area contributed by atoms with Crippen LogP contribution in [-0.2, 0) is 14.3 Å². The van der Waals surface area contributed by atoms with Crippen LogP contribution in [0.15, 0.2) is 0 Å². The molecule has 1 aliphatic carbocycles. The van der Waals surface area contributed by atoms with Crippen LogP contribution in [-0.4, -0.2) is 29.6 Å². The van der Waals surface area contributed by atoms with Gasteiger partial charge in [-0.2, -0.15) is 0 Å². The zero-order valence-corrected chi connectivity index (χ0v) is 13.4. The minimum atomic E-state index is -0.931. The second-order valence-corrected chi connectivity index (χ2v) is 6.12. The molecule has 5 nitrogen and oxygen atoms in total. The average Bonchev–Trinajstić information content (AvgIpc) is 2.77. The molecule has 1 amide bonds. The van der Waals surface area contributed by atoms with Crippen LogP contribution in [0.25, 0.3) is 0 Å². The first kappa shape index (κ1) is 16.3. The third-order valence-electron chi connectivity index (χ3n) is 5.18. The minimum absolute atomic E-state index is 0.0791. The predicted octanol–water partition coefficient (Wildman–Crippen LogP) is 1.74. The summed E-state index contributed by atoms with van der Waals surface area (Å²) in [5.41, 5.74) is 5.45. The van der Waals surface area contributed by atoms with Gasteiger partial charge in [0, 0.05) is 6.04 Å². The summed E-state index contributed by atoms with van der Waals surface area (Å²) in [4.78, 5) is 24.0. The van der Waals surface area contributed by atoms with Gasteiger partial charge in [0.25, 0.3) is 0 Å². The average molecular weight is 296 g/mol. The maximum absolute atomic E-state index is 12.0. The highest BCUT2D eigenvalue weighted by atomic mass is 16.6. The molecule has 3 aliphatic rings. The number of esters is 1. The molecule has 2 saturated heterocycles. The predicted molar refractivity (Wildman–Crippen MR) is 80.4 cm³/mol. The van der Waals surface area contributed by atoms with Crippen LogP contribution in [0.5, 0.6) is 0 Å². The lowest BCUT2D eigenvalue weighted by Gasteiger charge is -2.49. The smallest absolute Gasteiger partial charge is 0.337 e. The zero-order chi connectivity index (χ0) is 15.6. The summed E-state index contributed by atoms with van der Waals surface area (Å²) in [6.45, 7) is 5.94. The van der Waals surface area contributed by atoms with Gasteiger partial charge in [-0.25, -0.2) is 4.79 Å². The highest BCUT2D eigenvalue weighted by molar-refractivity contribution is 6.00. The van der Waals surface area contributed by atoms with Crippen molar-refractivity contribution in [3.63, 3.8) is 0 Å². The maximum Gasteiger partial charge on any atom is 0.337 e. The Hall–Kier alpha value is -1.10. The van der Waals surface area contributed by atoms with Gasteiger partial charge in [0.2, 0.25) is 5.91 Å². The summed E-state index contributed by atoms with van der Waals surface area (Å²) < 4.78 is 5.25. The number of carbonyl (C=O) groups excluding carboxylic acids is 2. The Labute approximate surface area is 127 Å². The fourth-order valence-electron chi connectivity index (χ4n) is 3.99. The van der Waals surface area contributed by atoms with E-state index in [1.165, 1.54) is 19.3 Å². The van der Waals surface area contributed by atoms with Gasteiger partial charge < -0.3 is 15.8 Å². The lowest BCUT2D eigenvalue weighted by Crippen LogP contribution is -2.76. The van der Waals surface area contributed by atoms with Crippen molar-refractivity contribution in [1.29, 1.82) is 0 Å².